The van der Waals surface area contributed by atoms with Crippen LogP contribution < -0.4 is 10.1 Å². The average Bonchev–Trinajstić information content (AvgIpc) is 2.75. The van der Waals surface area contributed by atoms with Crippen molar-refractivity contribution in [3.05, 3.63) is 24.0 Å². The van der Waals surface area contributed by atoms with Crippen molar-refractivity contribution in [2.75, 3.05) is 32.2 Å². The third-order valence-corrected chi connectivity index (χ3v) is 6.16. The highest BCUT2D eigenvalue weighted by molar-refractivity contribution is 5.91. The molecule has 0 radical (unpaired) electrons. The van der Waals surface area contributed by atoms with Crippen LogP contribution in [0.15, 0.2) is 18.5 Å². The fourth-order valence-electron chi connectivity index (χ4n) is 4.51. The maximum absolute atomic E-state index is 9.93. The second-order valence-electron chi connectivity index (χ2n) is 8.57. The minimum absolute atomic E-state index is 0.129. The molecule has 0 unspecified atom stereocenters. The molecule has 7 heteroatoms. The Morgan fingerprint density at radius 2 is 1.87 bits per heavy atom. The van der Waals surface area contributed by atoms with Crippen LogP contribution in [-0.4, -0.2) is 60.3 Å². The van der Waals surface area contributed by atoms with Crippen LogP contribution in [0.2, 0.25) is 0 Å². The highest BCUT2D eigenvalue weighted by atomic mass is 16.5. The van der Waals surface area contributed by atoms with Gasteiger partial charge in [-0.25, -0.2) is 9.97 Å². The number of hydrogen-bond acceptors (Lipinski definition) is 7. The Morgan fingerprint density at radius 1 is 1.10 bits per heavy atom. The quantitative estimate of drug-likeness (QED) is 0.714. The lowest BCUT2D eigenvalue weighted by molar-refractivity contribution is 0.0244. The third-order valence-electron chi connectivity index (χ3n) is 6.16. The highest BCUT2D eigenvalue weighted by Gasteiger charge is 2.25. The smallest absolute Gasteiger partial charge is 0.223 e. The van der Waals surface area contributed by atoms with Gasteiger partial charge in [-0.2, -0.15) is 0 Å². The largest absolute Gasteiger partial charge is 0.474 e. The normalized spacial score (nSPS) is 24.0. The Kier molecular flexibility index (Phi) is 7.02. The van der Waals surface area contributed by atoms with Gasteiger partial charge in [-0.15, -0.1) is 0 Å². The van der Waals surface area contributed by atoms with Crippen LogP contribution in [0, 0.1) is 0 Å². The van der Waals surface area contributed by atoms with Crippen molar-refractivity contribution in [1.82, 2.24) is 9.97 Å². The van der Waals surface area contributed by atoms with Crippen molar-refractivity contribution < 1.29 is 19.3 Å². The van der Waals surface area contributed by atoms with E-state index in [0.717, 1.165) is 68.3 Å². The van der Waals surface area contributed by atoms with E-state index in [9.17, 15) is 5.11 Å². The van der Waals surface area contributed by atoms with Crippen molar-refractivity contribution in [1.29, 1.82) is 0 Å². The lowest BCUT2D eigenvalue weighted by atomic mass is 9.82. The van der Waals surface area contributed by atoms with Gasteiger partial charge >= 0.3 is 0 Å². The average molecular weight is 416 g/mol. The van der Waals surface area contributed by atoms with Crippen LogP contribution in [0.1, 0.15) is 56.9 Å². The van der Waals surface area contributed by atoms with Crippen LogP contribution >= 0.6 is 0 Å². The number of aromatic nitrogens is 2. The van der Waals surface area contributed by atoms with Gasteiger partial charge in [0.2, 0.25) is 5.88 Å². The molecule has 2 aliphatic rings. The summed E-state index contributed by atoms with van der Waals surface area (Å²) < 4.78 is 17.0. The fraction of sp³-hybridized carbons (Fsp3) is 0.652. The zero-order valence-electron chi connectivity index (χ0n) is 18.0. The zero-order chi connectivity index (χ0) is 20.9. The molecular formula is C23H33N3O4. The number of rotatable bonds is 7. The molecule has 1 atom stereocenters. The Bertz CT molecular complexity index is 833. The lowest BCUT2D eigenvalue weighted by Crippen LogP contribution is -2.26. The van der Waals surface area contributed by atoms with E-state index in [0.29, 0.717) is 18.4 Å². The molecule has 2 aromatic heterocycles. The molecule has 0 aromatic carbocycles. The van der Waals surface area contributed by atoms with Crippen LogP contribution in [0.25, 0.3) is 10.8 Å². The molecular weight excluding hydrogens is 382 g/mol. The second-order valence-corrected chi connectivity index (χ2v) is 8.57. The molecule has 1 aliphatic heterocycles. The van der Waals surface area contributed by atoms with Gasteiger partial charge in [0.25, 0.3) is 0 Å². The predicted molar refractivity (Wildman–Crippen MR) is 116 cm³/mol. The first-order valence-electron chi connectivity index (χ1n) is 11.1. The summed E-state index contributed by atoms with van der Waals surface area (Å²) in [7, 11) is 1.70. The zero-order valence-corrected chi connectivity index (χ0v) is 18.0. The van der Waals surface area contributed by atoms with E-state index < -0.39 is 0 Å². The minimum atomic E-state index is -0.176. The topological polar surface area (TPSA) is 85.7 Å². The number of pyridine rings is 2. The molecule has 7 nitrogen and oxygen atoms in total. The van der Waals surface area contributed by atoms with E-state index in [1.54, 1.807) is 7.11 Å². The first-order valence-corrected chi connectivity index (χ1v) is 11.1. The molecule has 2 fully saturated rings. The van der Waals surface area contributed by atoms with Gasteiger partial charge in [0.1, 0.15) is 11.9 Å². The monoisotopic (exact) mass is 415 g/mol. The first-order chi connectivity index (χ1) is 14.6. The Labute approximate surface area is 178 Å². The summed E-state index contributed by atoms with van der Waals surface area (Å²) in [6.07, 6.45) is 9.20. The minimum Gasteiger partial charge on any atom is -0.474 e. The van der Waals surface area contributed by atoms with Gasteiger partial charge in [0, 0.05) is 38.4 Å². The second kappa shape index (κ2) is 9.90. The number of fused-ring (bicyclic) bond motifs is 1. The molecule has 164 valence electrons. The third kappa shape index (κ3) is 5.02. The van der Waals surface area contributed by atoms with Gasteiger partial charge in [-0.1, -0.05) is 0 Å². The summed E-state index contributed by atoms with van der Waals surface area (Å²) in [5.41, 5.74) is 1.22. The summed E-state index contributed by atoms with van der Waals surface area (Å²) in [4.78, 5) is 9.34. The number of aliphatic hydroxyl groups is 1. The van der Waals surface area contributed by atoms with Crippen molar-refractivity contribution in [3.63, 3.8) is 0 Å². The maximum atomic E-state index is 9.93. The van der Waals surface area contributed by atoms with E-state index in [2.05, 4.69) is 23.3 Å². The first kappa shape index (κ1) is 21.3. The van der Waals surface area contributed by atoms with Crippen LogP contribution in [0.4, 0.5) is 5.82 Å². The van der Waals surface area contributed by atoms with Crippen LogP contribution in [0.5, 0.6) is 5.88 Å². The lowest BCUT2D eigenvalue weighted by Gasteiger charge is -2.28. The number of aliphatic hydroxyl groups excluding tert-OH is 1. The highest BCUT2D eigenvalue weighted by Crippen LogP contribution is 2.39. The summed E-state index contributed by atoms with van der Waals surface area (Å²) in [5.74, 6) is 1.88. The number of nitrogens with zero attached hydrogens (tertiary/aromatic N) is 2. The van der Waals surface area contributed by atoms with E-state index >= 15 is 0 Å². The number of nitrogens with one attached hydrogen (secondary N) is 1. The number of anilines is 1. The van der Waals surface area contributed by atoms with Crippen molar-refractivity contribution in [3.8, 4) is 5.88 Å². The molecule has 1 aliphatic carbocycles. The fourth-order valence-corrected chi connectivity index (χ4v) is 4.51. The molecule has 0 bridgehead atoms. The number of hydrogen-bond donors (Lipinski definition) is 2. The summed E-state index contributed by atoms with van der Waals surface area (Å²) in [6, 6.07) is 2.27. The summed E-state index contributed by atoms with van der Waals surface area (Å²) in [6.45, 7) is 4.15. The molecule has 2 N–H and O–H groups in total. The van der Waals surface area contributed by atoms with Crippen molar-refractivity contribution in [2.24, 2.45) is 0 Å². The summed E-state index contributed by atoms with van der Waals surface area (Å²) >= 11 is 0. The molecule has 1 saturated heterocycles. The van der Waals surface area contributed by atoms with Gasteiger partial charge in [0.15, 0.2) is 0 Å². The number of methoxy groups -OCH3 is 1. The predicted octanol–water partition coefficient (Wildman–Crippen LogP) is 3.65. The number of ether oxygens (including phenoxy) is 3. The molecule has 2 aromatic rings. The molecule has 3 heterocycles. The van der Waals surface area contributed by atoms with E-state index in [4.69, 9.17) is 19.2 Å². The van der Waals surface area contributed by atoms with Gasteiger partial charge in [-0.3, -0.25) is 0 Å². The SMILES string of the molecule is COC[C@H](C)Nc1cc2c(cn1)c(OC1CCOCC1)ncc2[C@H]1CC[C@H](O)CC1. The van der Waals surface area contributed by atoms with Crippen LogP contribution in [-0.2, 0) is 9.47 Å². The Balaban J connectivity index is 1.67. The molecule has 0 amide bonds. The van der Waals surface area contributed by atoms with Gasteiger partial charge in [-0.05, 0) is 55.5 Å². The molecule has 30 heavy (non-hydrogen) atoms. The standard InChI is InChI=1S/C23H33N3O4/c1-15(14-28-2)26-22-11-19-20(16-3-5-17(27)6-4-16)12-25-23(21(19)13-24-22)30-18-7-9-29-10-8-18/h11-13,15-18,27H,3-10,14H2,1-2H3,(H,24,26)/t15-,16-,17-/m0/s1. The maximum Gasteiger partial charge on any atom is 0.223 e. The Morgan fingerprint density at radius 3 is 2.60 bits per heavy atom. The van der Waals surface area contributed by atoms with E-state index in [1.165, 1.54) is 5.56 Å². The van der Waals surface area contributed by atoms with Gasteiger partial charge in [0.05, 0.1) is 31.3 Å². The molecule has 1 saturated carbocycles. The van der Waals surface area contributed by atoms with Gasteiger partial charge < -0.3 is 24.6 Å². The van der Waals surface area contributed by atoms with E-state index in [1.807, 2.05) is 12.4 Å². The van der Waals surface area contributed by atoms with Crippen molar-refractivity contribution in [2.45, 2.75) is 69.6 Å². The Hall–Kier alpha value is -1.96. The molecule has 0 spiro atoms. The summed E-state index contributed by atoms with van der Waals surface area (Å²) in [5, 5.41) is 15.4. The molecule has 4 rings (SSSR count). The van der Waals surface area contributed by atoms with Crippen molar-refractivity contribution >= 4 is 16.6 Å². The van der Waals surface area contributed by atoms with Crippen LogP contribution in [0.3, 0.4) is 0 Å². The van der Waals surface area contributed by atoms with E-state index in [-0.39, 0.29) is 18.2 Å².